The van der Waals surface area contributed by atoms with Gasteiger partial charge >= 0.3 is 0 Å². The van der Waals surface area contributed by atoms with Gasteiger partial charge < -0.3 is 4.42 Å². The molecule has 0 fully saturated rings. The first kappa shape index (κ1) is 10.6. The van der Waals surface area contributed by atoms with Crippen molar-refractivity contribution >= 4 is 16.8 Å². The molecule has 92 valence electrons. The minimum atomic E-state index is 0.243. The monoisotopic (exact) mass is 248 g/mol. The van der Waals surface area contributed by atoms with Crippen LogP contribution >= 0.6 is 0 Å². The summed E-state index contributed by atoms with van der Waals surface area (Å²) in [6.07, 6.45) is 1.44. The van der Waals surface area contributed by atoms with Gasteiger partial charge in [-0.15, -0.1) is 0 Å². The Morgan fingerprint density at radius 1 is 0.895 bits per heavy atom. The number of benzene rings is 2. The second kappa shape index (κ2) is 3.82. The molecule has 0 bridgehead atoms. The Morgan fingerprint density at radius 2 is 1.74 bits per heavy atom. The summed E-state index contributed by atoms with van der Waals surface area (Å²) in [5.41, 5.74) is 3.93. The van der Waals surface area contributed by atoms with Crippen LogP contribution in [0.15, 0.2) is 52.9 Å². The number of para-hydroxylation sites is 1. The van der Waals surface area contributed by atoms with Crippen LogP contribution in [0.2, 0.25) is 0 Å². The molecule has 0 saturated heterocycles. The first-order chi connectivity index (χ1) is 9.33. The number of ketones is 1. The molecule has 1 aromatic heterocycles. The highest BCUT2D eigenvalue weighted by atomic mass is 16.3. The van der Waals surface area contributed by atoms with Crippen molar-refractivity contribution in [1.82, 2.24) is 0 Å². The van der Waals surface area contributed by atoms with Crippen molar-refractivity contribution in [3.05, 3.63) is 59.7 Å². The molecule has 4 rings (SSSR count). The fourth-order valence-electron chi connectivity index (χ4n) is 2.84. The van der Waals surface area contributed by atoms with E-state index in [1.165, 1.54) is 0 Å². The van der Waals surface area contributed by atoms with Crippen LogP contribution in [0.25, 0.3) is 22.3 Å². The highest BCUT2D eigenvalue weighted by Crippen LogP contribution is 2.35. The number of hydrogen-bond donors (Lipinski definition) is 0. The second-order valence-electron chi connectivity index (χ2n) is 4.90. The van der Waals surface area contributed by atoms with Crippen molar-refractivity contribution in [3.8, 4) is 11.3 Å². The van der Waals surface area contributed by atoms with Gasteiger partial charge in [0.1, 0.15) is 11.3 Å². The summed E-state index contributed by atoms with van der Waals surface area (Å²) >= 11 is 0. The van der Waals surface area contributed by atoms with Crippen molar-refractivity contribution in [2.75, 3.05) is 0 Å². The topological polar surface area (TPSA) is 30.2 Å². The van der Waals surface area contributed by atoms with Gasteiger partial charge in [-0.1, -0.05) is 36.4 Å². The van der Waals surface area contributed by atoms with Crippen LogP contribution in [0.5, 0.6) is 0 Å². The molecule has 0 aliphatic heterocycles. The molecule has 19 heavy (non-hydrogen) atoms. The van der Waals surface area contributed by atoms with Crippen LogP contribution in [0, 0.1) is 0 Å². The summed E-state index contributed by atoms with van der Waals surface area (Å²) < 4.78 is 5.90. The number of furan rings is 1. The maximum Gasteiger partial charge on any atom is 0.163 e. The zero-order valence-corrected chi connectivity index (χ0v) is 10.3. The van der Waals surface area contributed by atoms with Crippen LogP contribution in [-0.4, -0.2) is 5.78 Å². The van der Waals surface area contributed by atoms with Gasteiger partial charge in [0.2, 0.25) is 0 Å². The molecule has 0 amide bonds. The summed E-state index contributed by atoms with van der Waals surface area (Å²) in [7, 11) is 0. The minimum Gasteiger partial charge on any atom is -0.456 e. The zero-order valence-electron chi connectivity index (χ0n) is 10.3. The van der Waals surface area contributed by atoms with E-state index >= 15 is 0 Å². The number of rotatable bonds is 1. The van der Waals surface area contributed by atoms with Gasteiger partial charge in [-0.2, -0.15) is 0 Å². The van der Waals surface area contributed by atoms with Gasteiger partial charge in [-0.3, -0.25) is 4.79 Å². The minimum absolute atomic E-state index is 0.243. The predicted octanol–water partition coefficient (Wildman–Crippen LogP) is 4.23. The lowest BCUT2D eigenvalue weighted by Gasteiger charge is -2.04. The summed E-state index contributed by atoms with van der Waals surface area (Å²) in [6.45, 7) is 0. The van der Waals surface area contributed by atoms with E-state index in [1.54, 1.807) is 0 Å². The van der Waals surface area contributed by atoms with E-state index < -0.39 is 0 Å². The van der Waals surface area contributed by atoms with Crippen molar-refractivity contribution < 1.29 is 9.21 Å². The number of Topliss-reactive ketones (excluding diaryl/α,β-unsaturated/α-hetero) is 1. The number of fused-ring (bicyclic) bond motifs is 2. The molecule has 0 atom stereocenters. The Bertz CT molecular complexity index is 763. The summed E-state index contributed by atoms with van der Waals surface area (Å²) in [6, 6.07) is 15.9. The molecule has 0 saturated carbocycles. The second-order valence-corrected chi connectivity index (χ2v) is 4.90. The van der Waals surface area contributed by atoms with E-state index in [4.69, 9.17) is 4.42 Å². The Kier molecular flexibility index (Phi) is 2.12. The average Bonchev–Trinajstić information content (AvgIpc) is 3.03. The molecule has 1 aliphatic rings. The van der Waals surface area contributed by atoms with Crippen molar-refractivity contribution in [2.24, 2.45) is 0 Å². The average molecular weight is 248 g/mol. The normalized spacial score (nSPS) is 14.0. The molecule has 0 unspecified atom stereocenters. The van der Waals surface area contributed by atoms with Crippen LogP contribution in [0.1, 0.15) is 22.3 Å². The zero-order chi connectivity index (χ0) is 12.8. The number of carbonyl (C=O) groups excluding carboxylic acids is 1. The molecule has 2 nitrogen and oxygen atoms in total. The molecule has 3 aromatic rings. The third-order valence-electron chi connectivity index (χ3n) is 3.77. The quantitative estimate of drug-likeness (QED) is 0.645. The highest BCUT2D eigenvalue weighted by molar-refractivity contribution is 6.02. The first-order valence-corrected chi connectivity index (χ1v) is 6.47. The predicted molar refractivity (Wildman–Crippen MR) is 74.3 cm³/mol. The Labute approximate surface area is 110 Å². The highest BCUT2D eigenvalue weighted by Gasteiger charge is 2.23. The van der Waals surface area contributed by atoms with Gasteiger partial charge in [0.25, 0.3) is 0 Å². The van der Waals surface area contributed by atoms with Gasteiger partial charge in [0.05, 0.1) is 0 Å². The maximum absolute atomic E-state index is 11.8. The van der Waals surface area contributed by atoms with E-state index in [0.717, 1.165) is 39.8 Å². The van der Waals surface area contributed by atoms with Crippen molar-refractivity contribution in [2.45, 2.75) is 12.8 Å². The smallest absolute Gasteiger partial charge is 0.163 e. The molecule has 0 N–H and O–H groups in total. The Hall–Kier alpha value is -2.35. The molecule has 2 heteroatoms. The summed E-state index contributed by atoms with van der Waals surface area (Å²) in [4.78, 5) is 11.8. The van der Waals surface area contributed by atoms with Crippen LogP contribution in [-0.2, 0) is 6.42 Å². The maximum atomic E-state index is 11.8. The van der Waals surface area contributed by atoms with Crippen LogP contribution in [0.4, 0.5) is 0 Å². The number of carbonyl (C=O) groups is 1. The van der Waals surface area contributed by atoms with E-state index in [0.29, 0.717) is 6.42 Å². The lowest BCUT2D eigenvalue weighted by molar-refractivity contribution is 0.0994. The molecule has 0 radical (unpaired) electrons. The Morgan fingerprint density at radius 3 is 2.63 bits per heavy atom. The molecule has 1 aliphatic carbocycles. The van der Waals surface area contributed by atoms with E-state index in [9.17, 15) is 4.79 Å². The van der Waals surface area contributed by atoms with E-state index in [2.05, 4.69) is 0 Å². The third-order valence-corrected chi connectivity index (χ3v) is 3.77. The molecular formula is C17H12O2. The third kappa shape index (κ3) is 1.53. The lowest BCUT2D eigenvalue weighted by Crippen LogP contribution is -1.91. The van der Waals surface area contributed by atoms with Crippen LogP contribution < -0.4 is 0 Å². The molecule has 0 spiro atoms. The van der Waals surface area contributed by atoms with Crippen molar-refractivity contribution in [3.63, 3.8) is 0 Å². The SMILES string of the molecule is O=C1CCc2c1cccc2-c1cc2ccccc2o1. The Balaban J connectivity index is 1.96. The van der Waals surface area contributed by atoms with Crippen molar-refractivity contribution in [1.29, 1.82) is 0 Å². The van der Waals surface area contributed by atoms with E-state index in [1.807, 2.05) is 48.5 Å². The molecule has 2 aromatic carbocycles. The van der Waals surface area contributed by atoms with Gasteiger partial charge in [-0.05, 0) is 24.1 Å². The fraction of sp³-hybridized carbons (Fsp3) is 0.118. The fourth-order valence-corrected chi connectivity index (χ4v) is 2.84. The number of hydrogen-bond acceptors (Lipinski definition) is 2. The summed E-state index contributed by atoms with van der Waals surface area (Å²) in [5.74, 6) is 1.10. The van der Waals surface area contributed by atoms with Gasteiger partial charge in [0.15, 0.2) is 5.78 Å². The summed E-state index contributed by atoms with van der Waals surface area (Å²) in [5, 5.41) is 1.10. The standard InChI is InChI=1S/C17H12O2/c18-15-9-8-12-13(15)5-3-6-14(12)17-10-11-4-1-2-7-16(11)19-17/h1-7,10H,8-9H2. The van der Waals surface area contributed by atoms with E-state index in [-0.39, 0.29) is 5.78 Å². The largest absolute Gasteiger partial charge is 0.456 e. The first-order valence-electron chi connectivity index (χ1n) is 6.47. The lowest BCUT2D eigenvalue weighted by atomic mass is 10.0. The van der Waals surface area contributed by atoms with Gasteiger partial charge in [-0.25, -0.2) is 0 Å². The van der Waals surface area contributed by atoms with Crippen LogP contribution in [0.3, 0.4) is 0 Å². The molecular weight excluding hydrogens is 236 g/mol. The molecule has 1 heterocycles. The van der Waals surface area contributed by atoms with Gasteiger partial charge in [0, 0.05) is 22.9 Å².